The van der Waals surface area contributed by atoms with Crippen molar-refractivity contribution in [2.45, 2.75) is 58.0 Å². The average molecular weight is 260 g/mol. The predicted molar refractivity (Wildman–Crippen MR) is 82.3 cm³/mol. The van der Waals surface area contributed by atoms with Gasteiger partial charge in [-0.05, 0) is 49.8 Å². The molecule has 1 saturated carbocycles. The van der Waals surface area contributed by atoms with E-state index in [0.29, 0.717) is 18.6 Å². The van der Waals surface area contributed by atoms with E-state index >= 15 is 0 Å². The van der Waals surface area contributed by atoms with Crippen LogP contribution in [0.15, 0.2) is 24.3 Å². The summed E-state index contributed by atoms with van der Waals surface area (Å²) in [6.07, 6.45) is 3.91. The maximum Gasteiger partial charge on any atom is 0.0473 e. The molecule has 2 unspecified atom stereocenters. The molecule has 0 spiro atoms. The lowest BCUT2D eigenvalue weighted by molar-refractivity contribution is 0.152. The summed E-state index contributed by atoms with van der Waals surface area (Å²) in [5, 5.41) is 0. The third-order valence-electron chi connectivity index (χ3n) is 4.52. The molecule has 0 saturated heterocycles. The van der Waals surface area contributed by atoms with Gasteiger partial charge in [-0.15, -0.1) is 0 Å². The fourth-order valence-corrected chi connectivity index (χ4v) is 2.94. The van der Waals surface area contributed by atoms with Crippen LogP contribution in [0.2, 0.25) is 0 Å². The van der Waals surface area contributed by atoms with Crippen molar-refractivity contribution in [1.82, 2.24) is 4.90 Å². The number of likely N-dealkylation sites (N-methyl/N-ethyl adjacent to an activating group) is 1. The second kappa shape index (κ2) is 6.53. The van der Waals surface area contributed by atoms with E-state index in [1.165, 1.54) is 30.4 Å². The summed E-state index contributed by atoms with van der Waals surface area (Å²) in [6, 6.07) is 10.1. The molecule has 2 atom stereocenters. The molecule has 1 aliphatic rings. The van der Waals surface area contributed by atoms with Crippen LogP contribution in [0.5, 0.6) is 0 Å². The van der Waals surface area contributed by atoms with E-state index in [-0.39, 0.29) is 0 Å². The molecular formula is C17H28N2. The minimum atomic E-state index is 0.355. The van der Waals surface area contributed by atoms with E-state index in [1.54, 1.807) is 0 Å². The van der Waals surface area contributed by atoms with Gasteiger partial charge in [0.15, 0.2) is 0 Å². The zero-order chi connectivity index (χ0) is 13.8. The lowest BCUT2D eigenvalue weighted by Crippen LogP contribution is -2.39. The highest BCUT2D eigenvalue weighted by atomic mass is 15.2. The first-order valence-corrected chi connectivity index (χ1v) is 7.76. The summed E-state index contributed by atoms with van der Waals surface area (Å²) in [7, 11) is 0. The Hall–Kier alpha value is -0.860. The Morgan fingerprint density at radius 1 is 1.21 bits per heavy atom. The van der Waals surface area contributed by atoms with Crippen LogP contribution < -0.4 is 5.73 Å². The fraction of sp³-hybridized carbons (Fsp3) is 0.647. The van der Waals surface area contributed by atoms with Crippen LogP contribution in [-0.2, 0) is 0 Å². The van der Waals surface area contributed by atoms with Crippen LogP contribution in [-0.4, -0.2) is 24.0 Å². The maximum absolute atomic E-state index is 6.04. The van der Waals surface area contributed by atoms with Gasteiger partial charge in [-0.1, -0.05) is 38.1 Å². The second-order valence-corrected chi connectivity index (χ2v) is 5.78. The predicted octanol–water partition coefficient (Wildman–Crippen LogP) is 3.68. The number of rotatable bonds is 7. The smallest absolute Gasteiger partial charge is 0.0473 e. The maximum atomic E-state index is 6.04. The highest BCUT2D eigenvalue weighted by Crippen LogP contribution is 2.40. The molecule has 0 bridgehead atoms. The van der Waals surface area contributed by atoms with Gasteiger partial charge in [0.05, 0.1) is 0 Å². The third kappa shape index (κ3) is 3.37. The summed E-state index contributed by atoms with van der Waals surface area (Å²) in [5.41, 5.74) is 8.92. The summed E-state index contributed by atoms with van der Waals surface area (Å²) in [6.45, 7) is 8.53. The molecule has 106 valence electrons. The van der Waals surface area contributed by atoms with Gasteiger partial charge >= 0.3 is 0 Å². The first-order valence-electron chi connectivity index (χ1n) is 7.76. The molecule has 0 aliphatic heterocycles. The Balaban J connectivity index is 2.14. The molecule has 2 N–H and O–H groups in total. The third-order valence-corrected chi connectivity index (χ3v) is 4.52. The van der Waals surface area contributed by atoms with Gasteiger partial charge in [0, 0.05) is 18.6 Å². The molecule has 19 heavy (non-hydrogen) atoms. The van der Waals surface area contributed by atoms with E-state index in [4.69, 9.17) is 5.73 Å². The molecule has 1 aliphatic carbocycles. The van der Waals surface area contributed by atoms with E-state index in [1.807, 2.05) is 0 Å². The average Bonchev–Trinajstić information content (AvgIpc) is 3.28. The van der Waals surface area contributed by atoms with E-state index in [9.17, 15) is 0 Å². The zero-order valence-electron chi connectivity index (χ0n) is 12.6. The first-order chi connectivity index (χ1) is 9.21. The van der Waals surface area contributed by atoms with Gasteiger partial charge in [0.25, 0.3) is 0 Å². The monoisotopic (exact) mass is 260 g/mol. The van der Waals surface area contributed by atoms with Gasteiger partial charge in [0.2, 0.25) is 0 Å². The number of nitrogens with zero attached hydrogens (tertiary/aromatic N) is 1. The molecule has 0 heterocycles. The highest BCUT2D eigenvalue weighted by molar-refractivity contribution is 5.30. The van der Waals surface area contributed by atoms with Crippen molar-refractivity contribution in [2.75, 3.05) is 13.1 Å². The molecule has 2 rings (SSSR count). The van der Waals surface area contributed by atoms with Gasteiger partial charge in [-0.2, -0.15) is 0 Å². The lowest BCUT2D eigenvalue weighted by atomic mass is 10.00. The second-order valence-electron chi connectivity index (χ2n) is 5.78. The van der Waals surface area contributed by atoms with Crippen molar-refractivity contribution < 1.29 is 0 Å². The van der Waals surface area contributed by atoms with Gasteiger partial charge in [-0.3, -0.25) is 4.90 Å². The largest absolute Gasteiger partial charge is 0.329 e. The SMILES string of the molecule is CCC(C)N(CC)C(CN)c1ccc(C2CC2)cc1. The topological polar surface area (TPSA) is 29.3 Å². The molecule has 1 aromatic carbocycles. The zero-order valence-corrected chi connectivity index (χ0v) is 12.6. The van der Waals surface area contributed by atoms with Crippen molar-refractivity contribution in [2.24, 2.45) is 5.73 Å². The molecular weight excluding hydrogens is 232 g/mol. The van der Waals surface area contributed by atoms with E-state index in [2.05, 4.69) is 49.9 Å². The lowest BCUT2D eigenvalue weighted by Gasteiger charge is -2.35. The minimum absolute atomic E-state index is 0.355. The first kappa shape index (κ1) is 14.5. The molecule has 0 amide bonds. The van der Waals surface area contributed by atoms with Crippen LogP contribution in [0, 0.1) is 0 Å². The number of nitrogens with two attached hydrogens (primary N) is 1. The number of hydrogen-bond acceptors (Lipinski definition) is 2. The fourth-order valence-electron chi connectivity index (χ4n) is 2.94. The summed E-state index contributed by atoms with van der Waals surface area (Å²) in [4.78, 5) is 2.52. The highest BCUT2D eigenvalue weighted by Gasteiger charge is 2.25. The van der Waals surface area contributed by atoms with Crippen LogP contribution in [0.1, 0.15) is 63.1 Å². The van der Waals surface area contributed by atoms with Gasteiger partial charge in [-0.25, -0.2) is 0 Å². The van der Waals surface area contributed by atoms with Crippen LogP contribution in [0.3, 0.4) is 0 Å². The van der Waals surface area contributed by atoms with Crippen molar-refractivity contribution in [3.05, 3.63) is 35.4 Å². The Morgan fingerprint density at radius 3 is 2.26 bits per heavy atom. The van der Waals surface area contributed by atoms with Crippen molar-refractivity contribution in [3.63, 3.8) is 0 Å². The molecule has 1 aromatic rings. The van der Waals surface area contributed by atoms with E-state index < -0.39 is 0 Å². The normalized spacial score (nSPS) is 18.6. The Labute approximate surface area is 118 Å². The Kier molecular flexibility index (Phi) is 5.00. The Morgan fingerprint density at radius 2 is 1.84 bits per heavy atom. The van der Waals surface area contributed by atoms with Crippen LogP contribution >= 0.6 is 0 Å². The van der Waals surface area contributed by atoms with Crippen molar-refractivity contribution in [1.29, 1.82) is 0 Å². The minimum Gasteiger partial charge on any atom is -0.329 e. The van der Waals surface area contributed by atoms with Crippen molar-refractivity contribution >= 4 is 0 Å². The standard InChI is InChI=1S/C17H28N2/c1-4-13(3)19(5-2)17(12-18)16-10-8-15(9-11-16)14-6-7-14/h8-11,13-14,17H,4-7,12,18H2,1-3H3. The Bertz CT molecular complexity index is 381. The molecule has 0 aromatic heterocycles. The van der Waals surface area contributed by atoms with Gasteiger partial charge < -0.3 is 5.73 Å². The molecule has 2 heteroatoms. The van der Waals surface area contributed by atoms with Gasteiger partial charge in [0.1, 0.15) is 0 Å². The van der Waals surface area contributed by atoms with Crippen LogP contribution in [0.25, 0.3) is 0 Å². The number of hydrogen-bond donors (Lipinski definition) is 1. The molecule has 0 radical (unpaired) electrons. The molecule has 1 fully saturated rings. The summed E-state index contributed by atoms with van der Waals surface area (Å²) in [5.74, 6) is 0.835. The summed E-state index contributed by atoms with van der Waals surface area (Å²) < 4.78 is 0. The van der Waals surface area contributed by atoms with E-state index in [0.717, 1.165) is 12.5 Å². The van der Waals surface area contributed by atoms with Crippen LogP contribution in [0.4, 0.5) is 0 Å². The van der Waals surface area contributed by atoms with Crippen molar-refractivity contribution in [3.8, 4) is 0 Å². The summed E-state index contributed by atoms with van der Waals surface area (Å²) >= 11 is 0. The molecule has 2 nitrogen and oxygen atoms in total. The number of benzene rings is 1. The quantitative estimate of drug-likeness (QED) is 0.810.